The van der Waals surface area contributed by atoms with E-state index in [4.69, 9.17) is 10.7 Å². The Labute approximate surface area is 121 Å². The second-order valence-corrected chi connectivity index (χ2v) is 5.34. The van der Waals surface area contributed by atoms with Crippen molar-refractivity contribution in [1.29, 1.82) is 0 Å². The minimum absolute atomic E-state index is 0.601. The lowest BCUT2D eigenvalue weighted by Gasteiger charge is -1.99. The zero-order chi connectivity index (χ0) is 13.8. The second kappa shape index (κ2) is 5.90. The smallest absolute Gasteiger partial charge is 0.142 e. The molecule has 5 heteroatoms. The van der Waals surface area contributed by atoms with Crippen LogP contribution in [0.2, 0.25) is 0 Å². The number of thiazole rings is 1. The highest BCUT2D eigenvalue weighted by molar-refractivity contribution is 7.15. The van der Waals surface area contributed by atoms with Gasteiger partial charge < -0.3 is 5.73 Å². The van der Waals surface area contributed by atoms with E-state index in [-0.39, 0.29) is 0 Å². The highest BCUT2D eigenvalue weighted by Gasteiger charge is 2.14. The molecule has 100 valence electrons. The van der Waals surface area contributed by atoms with Gasteiger partial charge >= 0.3 is 0 Å². The third-order valence-corrected chi connectivity index (χ3v) is 4.00. The average molecular weight is 282 g/mol. The SMILES string of the molecule is NCCc1sc(-c2ccccn2)nc1-c1ccccn1. The van der Waals surface area contributed by atoms with Gasteiger partial charge in [0.1, 0.15) is 10.7 Å². The van der Waals surface area contributed by atoms with Gasteiger partial charge in [-0.25, -0.2) is 4.98 Å². The molecule has 0 unspecified atom stereocenters. The molecule has 4 nitrogen and oxygen atoms in total. The summed E-state index contributed by atoms with van der Waals surface area (Å²) in [5.41, 5.74) is 8.39. The van der Waals surface area contributed by atoms with E-state index in [9.17, 15) is 0 Å². The molecular weight excluding hydrogens is 268 g/mol. The van der Waals surface area contributed by atoms with E-state index in [2.05, 4.69) is 9.97 Å². The van der Waals surface area contributed by atoms with Gasteiger partial charge in [0.2, 0.25) is 0 Å². The van der Waals surface area contributed by atoms with Crippen molar-refractivity contribution in [2.75, 3.05) is 6.54 Å². The van der Waals surface area contributed by atoms with Gasteiger partial charge in [0, 0.05) is 17.3 Å². The molecule has 0 saturated carbocycles. The largest absolute Gasteiger partial charge is 0.330 e. The average Bonchev–Trinajstić information content (AvgIpc) is 2.94. The monoisotopic (exact) mass is 282 g/mol. The standard InChI is InChI=1S/C15H14N4S/c16-8-7-13-14(11-5-1-3-9-17-11)19-15(20-13)12-6-2-4-10-18-12/h1-6,9-10H,7-8,16H2. The minimum Gasteiger partial charge on any atom is -0.330 e. The fourth-order valence-corrected chi connectivity index (χ4v) is 3.02. The number of nitrogens with zero attached hydrogens (tertiary/aromatic N) is 3. The van der Waals surface area contributed by atoms with Crippen molar-refractivity contribution >= 4 is 11.3 Å². The Kier molecular flexibility index (Phi) is 3.80. The zero-order valence-corrected chi connectivity index (χ0v) is 11.7. The molecule has 3 aromatic rings. The van der Waals surface area contributed by atoms with Gasteiger partial charge in [0.15, 0.2) is 0 Å². The molecule has 0 aromatic carbocycles. The molecule has 0 atom stereocenters. The molecule has 3 heterocycles. The van der Waals surface area contributed by atoms with Crippen LogP contribution < -0.4 is 5.73 Å². The maximum Gasteiger partial charge on any atom is 0.142 e. The first-order valence-electron chi connectivity index (χ1n) is 6.41. The summed E-state index contributed by atoms with van der Waals surface area (Å²) in [5, 5.41) is 0.912. The van der Waals surface area contributed by atoms with Gasteiger partial charge in [0.05, 0.1) is 11.4 Å². The van der Waals surface area contributed by atoms with Crippen LogP contribution in [0, 0.1) is 0 Å². The minimum atomic E-state index is 0.601. The van der Waals surface area contributed by atoms with Crippen LogP contribution in [0.1, 0.15) is 4.88 Å². The summed E-state index contributed by atoms with van der Waals surface area (Å²) in [5.74, 6) is 0. The molecule has 3 aromatic heterocycles. The quantitative estimate of drug-likeness (QED) is 0.799. The van der Waals surface area contributed by atoms with Gasteiger partial charge in [-0.05, 0) is 37.2 Å². The number of nitrogens with two attached hydrogens (primary N) is 1. The van der Waals surface area contributed by atoms with Gasteiger partial charge in [-0.3, -0.25) is 9.97 Å². The van der Waals surface area contributed by atoms with Crippen LogP contribution in [0.4, 0.5) is 0 Å². The summed E-state index contributed by atoms with van der Waals surface area (Å²) in [4.78, 5) is 14.6. The van der Waals surface area contributed by atoms with Crippen molar-refractivity contribution in [3.8, 4) is 22.1 Å². The van der Waals surface area contributed by atoms with E-state index in [0.29, 0.717) is 6.54 Å². The summed E-state index contributed by atoms with van der Waals surface area (Å²) in [6.45, 7) is 0.601. The van der Waals surface area contributed by atoms with E-state index >= 15 is 0 Å². The van der Waals surface area contributed by atoms with Crippen LogP contribution in [-0.2, 0) is 6.42 Å². The molecule has 0 fully saturated rings. The lowest BCUT2D eigenvalue weighted by molar-refractivity contribution is 0.984. The van der Waals surface area contributed by atoms with Crippen LogP contribution >= 0.6 is 11.3 Å². The summed E-state index contributed by atoms with van der Waals surface area (Å²) >= 11 is 1.64. The topological polar surface area (TPSA) is 64.7 Å². The van der Waals surface area contributed by atoms with Crippen molar-refractivity contribution in [3.05, 3.63) is 53.7 Å². The van der Waals surface area contributed by atoms with Crippen LogP contribution in [0.15, 0.2) is 48.8 Å². The van der Waals surface area contributed by atoms with Crippen LogP contribution in [0.5, 0.6) is 0 Å². The predicted octanol–water partition coefficient (Wildman–Crippen LogP) is 2.77. The molecule has 0 aliphatic heterocycles. The normalized spacial score (nSPS) is 10.7. The lowest BCUT2D eigenvalue weighted by Crippen LogP contribution is -2.02. The van der Waals surface area contributed by atoms with E-state index in [1.807, 2.05) is 36.4 Å². The highest BCUT2D eigenvalue weighted by atomic mass is 32.1. The number of pyridine rings is 2. The maximum atomic E-state index is 5.70. The van der Waals surface area contributed by atoms with E-state index in [1.165, 1.54) is 0 Å². The van der Waals surface area contributed by atoms with Crippen LogP contribution in [0.25, 0.3) is 22.1 Å². The first kappa shape index (κ1) is 12.9. The molecule has 0 bridgehead atoms. The lowest BCUT2D eigenvalue weighted by atomic mass is 10.2. The zero-order valence-electron chi connectivity index (χ0n) is 10.9. The van der Waals surface area contributed by atoms with E-state index in [1.54, 1.807) is 23.7 Å². The number of hydrogen-bond acceptors (Lipinski definition) is 5. The number of hydrogen-bond donors (Lipinski definition) is 1. The maximum absolute atomic E-state index is 5.70. The van der Waals surface area contributed by atoms with Gasteiger partial charge in [-0.2, -0.15) is 0 Å². The van der Waals surface area contributed by atoms with E-state index in [0.717, 1.165) is 33.4 Å². The summed E-state index contributed by atoms with van der Waals surface area (Å²) < 4.78 is 0. The Bertz CT molecular complexity index is 680. The summed E-state index contributed by atoms with van der Waals surface area (Å²) in [7, 11) is 0. The first-order chi connectivity index (χ1) is 9.88. The fourth-order valence-electron chi connectivity index (χ4n) is 1.95. The molecule has 3 rings (SSSR count). The first-order valence-corrected chi connectivity index (χ1v) is 7.22. The second-order valence-electron chi connectivity index (χ2n) is 4.26. The van der Waals surface area contributed by atoms with Gasteiger partial charge in [0.25, 0.3) is 0 Å². The van der Waals surface area contributed by atoms with Crippen LogP contribution in [-0.4, -0.2) is 21.5 Å². The number of aromatic nitrogens is 3. The molecule has 0 aliphatic rings. The van der Waals surface area contributed by atoms with Crippen molar-refractivity contribution in [1.82, 2.24) is 15.0 Å². The van der Waals surface area contributed by atoms with E-state index < -0.39 is 0 Å². The molecule has 0 spiro atoms. The Morgan fingerprint density at radius 2 is 1.65 bits per heavy atom. The fraction of sp³-hybridized carbons (Fsp3) is 0.133. The Hall–Kier alpha value is -2.11. The third-order valence-electron chi connectivity index (χ3n) is 2.86. The molecule has 0 aliphatic carbocycles. The van der Waals surface area contributed by atoms with Crippen molar-refractivity contribution in [2.45, 2.75) is 6.42 Å². The van der Waals surface area contributed by atoms with Crippen molar-refractivity contribution in [2.24, 2.45) is 5.73 Å². The predicted molar refractivity (Wildman–Crippen MR) is 81.3 cm³/mol. The van der Waals surface area contributed by atoms with Gasteiger partial charge in [-0.1, -0.05) is 12.1 Å². The number of rotatable bonds is 4. The molecule has 0 saturated heterocycles. The van der Waals surface area contributed by atoms with Crippen molar-refractivity contribution in [3.63, 3.8) is 0 Å². The third kappa shape index (κ3) is 2.59. The summed E-state index contributed by atoms with van der Waals surface area (Å²) in [6, 6.07) is 11.7. The van der Waals surface area contributed by atoms with Crippen molar-refractivity contribution < 1.29 is 0 Å². The van der Waals surface area contributed by atoms with Crippen LogP contribution in [0.3, 0.4) is 0 Å². The Balaban J connectivity index is 2.08. The molecule has 0 amide bonds. The summed E-state index contributed by atoms with van der Waals surface area (Å²) in [6.07, 6.45) is 4.36. The Morgan fingerprint density at radius 1 is 0.950 bits per heavy atom. The van der Waals surface area contributed by atoms with Gasteiger partial charge in [-0.15, -0.1) is 11.3 Å². The Morgan fingerprint density at radius 3 is 2.25 bits per heavy atom. The molecule has 2 N–H and O–H groups in total. The molecule has 20 heavy (non-hydrogen) atoms. The molecule has 0 radical (unpaired) electrons. The molecular formula is C15H14N4S. The highest BCUT2D eigenvalue weighted by Crippen LogP contribution is 2.32.